The highest BCUT2D eigenvalue weighted by atomic mass is 127. The maximum atomic E-state index is 13.8. The molecule has 2 amide bonds. The number of phenolic OH excluding ortho intramolecular Hbond substituents is 1. The Morgan fingerprint density at radius 3 is 2.67 bits per heavy atom. The van der Waals surface area contributed by atoms with Crippen LogP contribution in [0.3, 0.4) is 0 Å². The van der Waals surface area contributed by atoms with E-state index in [0.717, 1.165) is 56.6 Å². The third kappa shape index (κ3) is 6.71. The van der Waals surface area contributed by atoms with Crippen LogP contribution in [-0.2, 0) is 20.9 Å². The first-order chi connectivity index (χ1) is 21.9. The topological polar surface area (TPSA) is 85.3 Å². The van der Waals surface area contributed by atoms with Crippen LogP contribution in [0.25, 0.3) is 6.08 Å². The SMILES string of the molecule is CCC/C(=C\c1cc(I)c(O)c(OC)c1)CC[C@H]1OC[C@H]2C1=C(COc1ccccc1)C[C@H]1C(=O)N(Cc3cccs3)C(=O)[C@H]12. The number of hydrogen-bond acceptors (Lipinski definition) is 7. The van der Waals surface area contributed by atoms with Crippen molar-refractivity contribution in [1.29, 1.82) is 0 Å². The Hall–Kier alpha value is -3.15. The number of benzene rings is 2. The minimum atomic E-state index is -0.393. The first kappa shape index (κ1) is 31.8. The van der Waals surface area contributed by atoms with Crippen molar-refractivity contribution in [3.63, 3.8) is 0 Å². The van der Waals surface area contributed by atoms with E-state index in [9.17, 15) is 14.7 Å². The van der Waals surface area contributed by atoms with Gasteiger partial charge in [0.05, 0.1) is 41.8 Å². The van der Waals surface area contributed by atoms with Crippen LogP contribution in [0.2, 0.25) is 0 Å². The number of hydrogen-bond donors (Lipinski definition) is 1. The number of carbonyl (C=O) groups is 2. The number of ether oxygens (including phenoxy) is 3. The van der Waals surface area contributed by atoms with Gasteiger partial charge < -0.3 is 19.3 Å². The molecule has 1 aliphatic carbocycles. The van der Waals surface area contributed by atoms with Crippen molar-refractivity contribution in [3.8, 4) is 17.2 Å². The van der Waals surface area contributed by atoms with Crippen LogP contribution in [-0.4, -0.2) is 48.2 Å². The number of fused-ring (bicyclic) bond motifs is 3. The van der Waals surface area contributed by atoms with Gasteiger partial charge in [-0.2, -0.15) is 0 Å². The van der Waals surface area contributed by atoms with Gasteiger partial charge in [0.25, 0.3) is 0 Å². The van der Waals surface area contributed by atoms with Crippen molar-refractivity contribution in [2.45, 2.75) is 51.7 Å². The van der Waals surface area contributed by atoms with Gasteiger partial charge in [-0.1, -0.05) is 49.3 Å². The summed E-state index contributed by atoms with van der Waals surface area (Å²) >= 11 is 3.69. The van der Waals surface area contributed by atoms with Crippen LogP contribution < -0.4 is 9.47 Å². The Morgan fingerprint density at radius 2 is 1.93 bits per heavy atom. The van der Waals surface area contributed by atoms with Crippen molar-refractivity contribution in [1.82, 2.24) is 4.90 Å². The predicted octanol–water partition coefficient (Wildman–Crippen LogP) is 7.63. The summed E-state index contributed by atoms with van der Waals surface area (Å²) in [5, 5.41) is 12.3. The monoisotopic (exact) mass is 739 g/mol. The molecule has 7 nitrogen and oxygen atoms in total. The van der Waals surface area contributed by atoms with E-state index in [-0.39, 0.29) is 35.5 Å². The number of nitrogens with zero attached hydrogens (tertiary/aromatic N) is 1. The van der Waals surface area contributed by atoms with Gasteiger partial charge in [0.1, 0.15) is 12.4 Å². The highest BCUT2D eigenvalue weighted by molar-refractivity contribution is 14.1. The first-order valence-corrected chi connectivity index (χ1v) is 17.5. The van der Waals surface area contributed by atoms with E-state index in [0.29, 0.717) is 31.9 Å². The molecule has 3 aromatic rings. The lowest BCUT2D eigenvalue weighted by Crippen LogP contribution is -2.35. The van der Waals surface area contributed by atoms with Crippen LogP contribution >= 0.6 is 33.9 Å². The molecule has 2 saturated heterocycles. The highest BCUT2D eigenvalue weighted by Gasteiger charge is 2.57. The summed E-state index contributed by atoms with van der Waals surface area (Å²) in [5.74, 6) is 0.329. The van der Waals surface area contributed by atoms with Crippen LogP contribution in [0.15, 0.2) is 76.7 Å². The second-order valence-electron chi connectivity index (χ2n) is 11.9. The molecule has 2 aliphatic heterocycles. The normalized spacial score (nSPS) is 23.0. The zero-order valence-electron chi connectivity index (χ0n) is 25.5. The minimum absolute atomic E-state index is 0.0735. The van der Waals surface area contributed by atoms with E-state index in [1.54, 1.807) is 18.4 Å². The third-order valence-electron chi connectivity index (χ3n) is 9.09. The molecule has 6 rings (SSSR count). The number of amides is 2. The number of thiophene rings is 1. The maximum Gasteiger partial charge on any atom is 0.234 e. The second kappa shape index (κ2) is 14.1. The lowest BCUT2D eigenvalue weighted by Gasteiger charge is -2.32. The number of imide groups is 1. The molecule has 0 saturated carbocycles. The number of aromatic hydroxyl groups is 1. The number of rotatable bonds is 12. The largest absolute Gasteiger partial charge is 0.504 e. The molecule has 0 unspecified atom stereocenters. The molecule has 3 heterocycles. The standard InChI is InChI=1S/C36H38INO6S/c1-3-8-22(15-23-16-29(37)34(39)31(17-23)42-2)12-13-30-32-24(20-43-25-9-5-4-6-10-25)18-27-33(28(32)21-44-30)36(41)38(35(27)40)19-26-11-7-14-45-26/h4-7,9-11,14-17,27-28,30,33,39H,3,8,12-13,18-21H2,1-2H3/b22-15+/t27-,28+,30-,33-/m1/s1. The number of para-hydroxylation sites is 1. The van der Waals surface area contributed by atoms with Gasteiger partial charge in [-0.3, -0.25) is 14.5 Å². The molecule has 0 spiro atoms. The van der Waals surface area contributed by atoms with Gasteiger partial charge in [0.2, 0.25) is 11.8 Å². The number of allylic oxidation sites excluding steroid dienone is 1. The maximum absolute atomic E-state index is 13.8. The molecule has 2 fully saturated rings. The van der Waals surface area contributed by atoms with Crippen LogP contribution in [0.1, 0.15) is 49.5 Å². The number of halogens is 1. The molecule has 1 aromatic heterocycles. The molecule has 0 bridgehead atoms. The molecule has 4 atom stereocenters. The summed E-state index contributed by atoms with van der Waals surface area (Å²) in [6.07, 6.45) is 6.10. The predicted molar refractivity (Wildman–Crippen MR) is 183 cm³/mol. The van der Waals surface area contributed by atoms with E-state index < -0.39 is 5.92 Å². The lowest BCUT2D eigenvalue weighted by molar-refractivity contribution is -0.140. The van der Waals surface area contributed by atoms with Crippen LogP contribution in [0.5, 0.6) is 17.2 Å². The van der Waals surface area contributed by atoms with Crippen molar-refractivity contribution in [2.24, 2.45) is 17.8 Å². The molecule has 9 heteroatoms. The van der Waals surface area contributed by atoms with E-state index in [1.807, 2.05) is 60.0 Å². The number of phenols is 1. The Bertz CT molecular complexity index is 1600. The quantitative estimate of drug-likeness (QED) is 0.117. The smallest absolute Gasteiger partial charge is 0.234 e. The Morgan fingerprint density at radius 1 is 1.11 bits per heavy atom. The summed E-state index contributed by atoms with van der Waals surface area (Å²) in [6, 6.07) is 17.5. The van der Waals surface area contributed by atoms with Gasteiger partial charge >= 0.3 is 0 Å². The Balaban J connectivity index is 1.26. The summed E-state index contributed by atoms with van der Waals surface area (Å²) < 4.78 is 18.9. The molecule has 2 aromatic carbocycles. The zero-order chi connectivity index (χ0) is 31.5. The Labute approximate surface area is 282 Å². The summed E-state index contributed by atoms with van der Waals surface area (Å²) in [6.45, 7) is 3.30. The molecule has 3 aliphatic rings. The average molecular weight is 740 g/mol. The lowest BCUT2D eigenvalue weighted by atomic mass is 9.69. The molecule has 45 heavy (non-hydrogen) atoms. The van der Waals surface area contributed by atoms with E-state index >= 15 is 0 Å². The molecule has 0 radical (unpaired) electrons. The van der Waals surface area contributed by atoms with Gasteiger partial charge in [-0.25, -0.2) is 0 Å². The number of methoxy groups -OCH3 is 1. The average Bonchev–Trinajstić information content (AvgIpc) is 3.77. The molecular weight excluding hydrogens is 701 g/mol. The highest BCUT2D eigenvalue weighted by Crippen LogP contribution is 2.50. The Kier molecular flexibility index (Phi) is 9.96. The van der Waals surface area contributed by atoms with Gasteiger partial charge in [0, 0.05) is 10.8 Å². The van der Waals surface area contributed by atoms with Crippen molar-refractivity contribution in [2.75, 3.05) is 20.3 Å². The van der Waals surface area contributed by atoms with Crippen molar-refractivity contribution >= 4 is 51.8 Å². The first-order valence-electron chi connectivity index (χ1n) is 15.5. The molecular formula is C36H38INO6S. The van der Waals surface area contributed by atoms with Crippen LogP contribution in [0, 0.1) is 21.3 Å². The third-order valence-corrected chi connectivity index (χ3v) is 10.8. The fraction of sp³-hybridized carbons (Fsp3) is 0.389. The summed E-state index contributed by atoms with van der Waals surface area (Å²) in [7, 11) is 1.56. The van der Waals surface area contributed by atoms with E-state index in [2.05, 4.69) is 35.6 Å². The van der Waals surface area contributed by atoms with Gasteiger partial charge in [-0.15, -0.1) is 11.3 Å². The van der Waals surface area contributed by atoms with Gasteiger partial charge in [0.15, 0.2) is 11.5 Å². The summed E-state index contributed by atoms with van der Waals surface area (Å²) in [4.78, 5) is 30.0. The molecule has 1 N–H and O–H groups in total. The van der Waals surface area contributed by atoms with E-state index in [1.165, 1.54) is 10.5 Å². The fourth-order valence-corrected chi connectivity index (χ4v) is 8.37. The van der Waals surface area contributed by atoms with Crippen molar-refractivity contribution < 1.29 is 28.9 Å². The van der Waals surface area contributed by atoms with Gasteiger partial charge in [-0.05, 0) is 101 Å². The van der Waals surface area contributed by atoms with E-state index in [4.69, 9.17) is 14.2 Å². The number of carbonyl (C=O) groups excluding carboxylic acids is 2. The fourth-order valence-electron chi connectivity index (χ4n) is 7.05. The molecule has 236 valence electrons. The van der Waals surface area contributed by atoms with Crippen molar-refractivity contribution in [3.05, 3.63) is 90.7 Å². The minimum Gasteiger partial charge on any atom is -0.504 e. The van der Waals surface area contributed by atoms with Crippen LogP contribution in [0.4, 0.5) is 0 Å². The zero-order valence-corrected chi connectivity index (χ0v) is 28.5. The second-order valence-corrected chi connectivity index (χ2v) is 14.1. The number of likely N-dealkylation sites (tertiary alicyclic amines) is 1. The summed E-state index contributed by atoms with van der Waals surface area (Å²) in [5.41, 5.74) is 4.52.